The first kappa shape index (κ1) is 20.5. The second-order valence-corrected chi connectivity index (χ2v) is 10.0. The molecule has 1 unspecified atom stereocenters. The Morgan fingerprint density at radius 2 is 1.90 bits per heavy atom. The minimum atomic E-state index is -0.388. The van der Waals surface area contributed by atoms with Gasteiger partial charge in [0.15, 0.2) is 4.34 Å². The van der Waals surface area contributed by atoms with Crippen LogP contribution in [-0.4, -0.2) is 27.0 Å². The molecule has 152 valence electrons. The predicted molar refractivity (Wildman–Crippen MR) is 124 cm³/mol. The van der Waals surface area contributed by atoms with Gasteiger partial charge in [0.2, 0.25) is 11.8 Å². The summed E-state index contributed by atoms with van der Waals surface area (Å²) in [6, 6.07) is 15.6. The molecule has 4 aromatic rings. The third-order valence-corrected chi connectivity index (χ3v) is 7.48. The van der Waals surface area contributed by atoms with Gasteiger partial charge < -0.3 is 11.1 Å². The third kappa shape index (κ3) is 4.69. The number of para-hydroxylation sites is 2. The van der Waals surface area contributed by atoms with Crippen molar-refractivity contribution in [1.29, 1.82) is 0 Å². The summed E-state index contributed by atoms with van der Waals surface area (Å²) in [4.78, 5) is 33.0. The molecular formula is C21H18N4O2S3. The van der Waals surface area contributed by atoms with Gasteiger partial charge in [0.05, 0.1) is 33.3 Å². The lowest BCUT2D eigenvalue weighted by molar-refractivity contribution is -0.117. The second-order valence-electron chi connectivity index (χ2n) is 6.52. The summed E-state index contributed by atoms with van der Waals surface area (Å²) in [5.41, 5.74) is 8.50. The summed E-state index contributed by atoms with van der Waals surface area (Å²) in [6.07, 6.45) is 0.149. The molecule has 0 aliphatic heterocycles. The van der Waals surface area contributed by atoms with E-state index in [0.717, 1.165) is 25.1 Å². The number of aromatic nitrogens is 2. The quantitative estimate of drug-likeness (QED) is 0.399. The minimum Gasteiger partial charge on any atom is -0.369 e. The molecule has 0 spiro atoms. The number of benzene rings is 2. The van der Waals surface area contributed by atoms with Crippen LogP contribution >= 0.6 is 34.4 Å². The number of carbonyl (C=O) groups excluding carboxylic acids is 2. The van der Waals surface area contributed by atoms with Crippen molar-refractivity contribution in [1.82, 2.24) is 9.97 Å². The highest BCUT2D eigenvalue weighted by Crippen LogP contribution is 2.34. The molecule has 0 aliphatic carbocycles. The molecule has 2 aromatic heterocycles. The molecule has 2 aromatic carbocycles. The average molecular weight is 455 g/mol. The Morgan fingerprint density at radius 1 is 1.13 bits per heavy atom. The van der Waals surface area contributed by atoms with Gasteiger partial charge in [0.25, 0.3) is 0 Å². The first-order chi connectivity index (χ1) is 14.5. The molecule has 0 fully saturated rings. The van der Waals surface area contributed by atoms with E-state index in [-0.39, 0.29) is 23.5 Å². The number of anilines is 1. The molecule has 4 rings (SSSR count). The number of hydrogen-bond acceptors (Lipinski definition) is 7. The van der Waals surface area contributed by atoms with Crippen molar-refractivity contribution in [2.45, 2.75) is 22.9 Å². The van der Waals surface area contributed by atoms with Crippen molar-refractivity contribution in [3.63, 3.8) is 0 Å². The smallest absolute Gasteiger partial charge is 0.230 e. The van der Waals surface area contributed by atoms with Crippen LogP contribution < -0.4 is 11.1 Å². The number of nitrogens with one attached hydrogen (secondary N) is 1. The van der Waals surface area contributed by atoms with Crippen LogP contribution in [0.15, 0.2) is 58.3 Å². The van der Waals surface area contributed by atoms with Crippen LogP contribution in [0.2, 0.25) is 0 Å². The Labute approximate surface area is 185 Å². The fourth-order valence-corrected chi connectivity index (χ4v) is 5.69. The Morgan fingerprint density at radius 3 is 2.70 bits per heavy atom. The topological polar surface area (TPSA) is 98.0 Å². The largest absolute Gasteiger partial charge is 0.369 e. The highest BCUT2D eigenvalue weighted by molar-refractivity contribution is 8.02. The number of hydrogen-bond donors (Lipinski definition) is 2. The number of nitrogens with two attached hydrogens (primary N) is 1. The van der Waals surface area contributed by atoms with Crippen LogP contribution in [0.25, 0.3) is 20.8 Å². The SMILES string of the molecule is CC(Sc1nc(CC(=O)Nc2ccccc2-c2nc3ccccc3s2)cs1)C(N)=O. The van der Waals surface area contributed by atoms with Gasteiger partial charge in [-0.05, 0) is 31.2 Å². The van der Waals surface area contributed by atoms with E-state index in [1.165, 1.54) is 23.1 Å². The summed E-state index contributed by atoms with van der Waals surface area (Å²) >= 11 is 4.29. The summed E-state index contributed by atoms with van der Waals surface area (Å²) in [6.45, 7) is 1.74. The number of nitrogens with zero attached hydrogens (tertiary/aromatic N) is 2. The zero-order valence-corrected chi connectivity index (χ0v) is 18.4. The molecule has 30 heavy (non-hydrogen) atoms. The molecule has 0 bridgehead atoms. The van der Waals surface area contributed by atoms with E-state index in [9.17, 15) is 9.59 Å². The number of thioether (sulfide) groups is 1. The van der Waals surface area contributed by atoms with E-state index >= 15 is 0 Å². The molecule has 2 heterocycles. The van der Waals surface area contributed by atoms with Gasteiger partial charge in [-0.15, -0.1) is 22.7 Å². The van der Waals surface area contributed by atoms with Crippen molar-refractivity contribution in [3.05, 3.63) is 59.6 Å². The number of carbonyl (C=O) groups is 2. The molecule has 3 N–H and O–H groups in total. The number of primary amides is 1. The fourth-order valence-electron chi connectivity index (χ4n) is 2.76. The van der Waals surface area contributed by atoms with Gasteiger partial charge in [-0.25, -0.2) is 9.97 Å². The lowest BCUT2D eigenvalue weighted by atomic mass is 10.1. The van der Waals surface area contributed by atoms with Crippen molar-refractivity contribution < 1.29 is 9.59 Å². The molecule has 9 heteroatoms. The summed E-state index contributed by atoms with van der Waals surface area (Å²) in [5.74, 6) is -0.547. The van der Waals surface area contributed by atoms with Gasteiger partial charge in [-0.3, -0.25) is 9.59 Å². The highest BCUT2D eigenvalue weighted by atomic mass is 32.2. The van der Waals surface area contributed by atoms with Gasteiger partial charge in [-0.2, -0.15) is 0 Å². The third-order valence-electron chi connectivity index (χ3n) is 4.28. The van der Waals surface area contributed by atoms with E-state index in [1.54, 1.807) is 18.3 Å². The monoisotopic (exact) mass is 454 g/mol. The maximum absolute atomic E-state index is 12.6. The number of thiazole rings is 2. The normalized spacial score (nSPS) is 12.0. The Balaban J connectivity index is 1.48. The maximum Gasteiger partial charge on any atom is 0.230 e. The molecule has 2 amide bonds. The van der Waals surface area contributed by atoms with E-state index in [0.29, 0.717) is 11.4 Å². The summed E-state index contributed by atoms with van der Waals surface area (Å²) in [7, 11) is 0. The summed E-state index contributed by atoms with van der Waals surface area (Å²) < 4.78 is 1.82. The zero-order chi connectivity index (χ0) is 21.1. The zero-order valence-electron chi connectivity index (χ0n) is 16.0. The first-order valence-corrected chi connectivity index (χ1v) is 11.7. The lowest BCUT2D eigenvalue weighted by Gasteiger charge is -2.08. The van der Waals surface area contributed by atoms with Crippen molar-refractivity contribution in [2.75, 3.05) is 5.32 Å². The van der Waals surface area contributed by atoms with Crippen LogP contribution in [0.1, 0.15) is 12.6 Å². The number of fused-ring (bicyclic) bond motifs is 1. The van der Waals surface area contributed by atoms with E-state index in [2.05, 4.69) is 10.3 Å². The van der Waals surface area contributed by atoms with E-state index in [4.69, 9.17) is 10.7 Å². The van der Waals surface area contributed by atoms with Gasteiger partial charge in [0.1, 0.15) is 5.01 Å². The van der Waals surface area contributed by atoms with Crippen LogP contribution in [0, 0.1) is 0 Å². The Bertz CT molecular complexity index is 1180. The van der Waals surface area contributed by atoms with Crippen LogP contribution in [0.3, 0.4) is 0 Å². The van der Waals surface area contributed by atoms with Gasteiger partial charge in [-0.1, -0.05) is 36.0 Å². The molecule has 0 saturated heterocycles. The standard InChI is InChI=1S/C21H18N4O2S3/c1-12(19(22)27)29-21-23-13(11-28-21)10-18(26)24-15-7-3-2-6-14(15)20-25-16-8-4-5-9-17(16)30-20/h2-9,11-12H,10H2,1H3,(H2,22,27)(H,24,26). The minimum absolute atomic E-state index is 0.149. The number of amides is 2. The highest BCUT2D eigenvalue weighted by Gasteiger charge is 2.16. The molecule has 6 nitrogen and oxygen atoms in total. The molecule has 0 aliphatic rings. The van der Waals surface area contributed by atoms with E-state index in [1.807, 2.05) is 53.9 Å². The second kappa shape index (κ2) is 8.95. The van der Waals surface area contributed by atoms with Crippen molar-refractivity contribution in [3.8, 4) is 10.6 Å². The maximum atomic E-state index is 12.6. The Kier molecular flexibility index (Phi) is 6.12. The molecule has 1 atom stereocenters. The molecular weight excluding hydrogens is 436 g/mol. The van der Waals surface area contributed by atoms with Crippen LogP contribution in [-0.2, 0) is 16.0 Å². The van der Waals surface area contributed by atoms with E-state index < -0.39 is 0 Å². The van der Waals surface area contributed by atoms with Crippen LogP contribution in [0.5, 0.6) is 0 Å². The first-order valence-electron chi connectivity index (χ1n) is 9.15. The lowest BCUT2D eigenvalue weighted by Crippen LogP contribution is -2.22. The predicted octanol–water partition coefficient (Wildman–Crippen LogP) is 4.57. The van der Waals surface area contributed by atoms with Gasteiger partial charge >= 0.3 is 0 Å². The Hall–Kier alpha value is -2.75. The molecule has 0 radical (unpaired) electrons. The summed E-state index contributed by atoms with van der Waals surface area (Å²) in [5, 5.41) is 5.31. The van der Waals surface area contributed by atoms with Gasteiger partial charge in [0, 0.05) is 10.9 Å². The fraction of sp³-hybridized carbons (Fsp3) is 0.143. The molecule has 0 saturated carbocycles. The van der Waals surface area contributed by atoms with Crippen molar-refractivity contribution in [2.24, 2.45) is 5.73 Å². The number of rotatable bonds is 7. The average Bonchev–Trinajstić information content (AvgIpc) is 3.34. The van der Waals surface area contributed by atoms with Crippen molar-refractivity contribution >= 4 is 62.2 Å². The van der Waals surface area contributed by atoms with Crippen LogP contribution in [0.4, 0.5) is 5.69 Å².